The van der Waals surface area contributed by atoms with Crippen molar-refractivity contribution < 1.29 is 51.8 Å². The molecular weight excluding hydrogens is 272 g/mol. The minimum Gasteiger partial charge on any atom is -1.00 e. The first-order valence-corrected chi connectivity index (χ1v) is 4.27. The molecule has 0 rings (SSSR count). The van der Waals surface area contributed by atoms with Crippen molar-refractivity contribution in [3.8, 4) is 0 Å². The van der Waals surface area contributed by atoms with Gasteiger partial charge in [-0.1, -0.05) is 0 Å². The first kappa shape index (κ1) is 11.6. The Hall–Kier alpha value is 0.823. The van der Waals surface area contributed by atoms with Crippen molar-refractivity contribution in [3.05, 3.63) is 0 Å². The van der Waals surface area contributed by atoms with Crippen molar-refractivity contribution in [2.75, 3.05) is 7.11 Å². The van der Waals surface area contributed by atoms with Crippen LogP contribution in [-0.4, -0.2) is 13.1 Å². The Balaban J connectivity index is 0. The third kappa shape index (κ3) is 6.82. The molecule has 0 radical (unpaired) electrons. The molecular formula is C4H7IO2Zn. The molecule has 44 valence electrons. The molecule has 0 amide bonds. The van der Waals surface area contributed by atoms with Crippen molar-refractivity contribution in [1.82, 2.24) is 0 Å². The van der Waals surface area contributed by atoms with Gasteiger partial charge in [0.1, 0.15) is 0 Å². The van der Waals surface area contributed by atoms with Crippen LogP contribution in [0.4, 0.5) is 0 Å². The number of halogens is 1. The van der Waals surface area contributed by atoms with Gasteiger partial charge in [0.05, 0.1) is 0 Å². The molecule has 0 heterocycles. The minimum absolute atomic E-state index is 0. The van der Waals surface area contributed by atoms with Crippen LogP contribution in [0.25, 0.3) is 0 Å². The van der Waals surface area contributed by atoms with E-state index in [1.807, 2.05) is 0 Å². The van der Waals surface area contributed by atoms with Crippen LogP contribution in [0.15, 0.2) is 0 Å². The van der Waals surface area contributed by atoms with Gasteiger partial charge in [0, 0.05) is 0 Å². The zero-order valence-electron chi connectivity index (χ0n) is 4.82. The van der Waals surface area contributed by atoms with Crippen LogP contribution in [0, 0.1) is 0 Å². The Morgan fingerprint density at radius 1 is 1.75 bits per heavy atom. The molecule has 0 saturated heterocycles. The Morgan fingerprint density at radius 2 is 2.25 bits per heavy atom. The summed E-state index contributed by atoms with van der Waals surface area (Å²) in [6.45, 7) is 0. The summed E-state index contributed by atoms with van der Waals surface area (Å²) in [7, 11) is 1.41. The summed E-state index contributed by atoms with van der Waals surface area (Å²) in [4.78, 5) is 10.2. The maximum atomic E-state index is 10.2. The summed E-state index contributed by atoms with van der Waals surface area (Å²) in [5, 5.41) is 0.993. The zero-order valence-corrected chi connectivity index (χ0v) is 9.94. The van der Waals surface area contributed by atoms with E-state index in [0.29, 0.717) is 6.42 Å². The Bertz CT molecular complexity index is 67.1. The van der Waals surface area contributed by atoms with E-state index in [4.69, 9.17) is 0 Å². The van der Waals surface area contributed by atoms with E-state index in [1.165, 1.54) is 25.4 Å². The van der Waals surface area contributed by atoms with Gasteiger partial charge < -0.3 is 24.0 Å². The van der Waals surface area contributed by atoms with Gasteiger partial charge in [-0.25, -0.2) is 0 Å². The summed E-state index contributed by atoms with van der Waals surface area (Å²) >= 11 is 1.18. The number of carbonyl (C=O) groups excluding carboxylic acids is 1. The predicted molar refractivity (Wildman–Crippen MR) is 21.4 cm³/mol. The van der Waals surface area contributed by atoms with Gasteiger partial charge in [0.15, 0.2) is 0 Å². The Kier molecular flexibility index (Phi) is 11.3. The molecule has 0 aromatic rings. The first-order chi connectivity index (χ1) is 3.31. The molecule has 0 N–H and O–H groups in total. The third-order valence-electron chi connectivity index (χ3n) is 0.609. The summed E-state index contributed by atoms with van der Waals surface area (Å²) in [6.07, 6.45) is 0.594. The molecule has 4 heteroatoms. The van der Waals surface area contributed by atoms with Gasteiger partial charge in [0.2, 0.25) is 0 Å². The molecule has 0 spiro atoms. The molecule has 0 unspecified atom stereocenters. The van der Waals surface area contributed by atoms with E-state index in [2.05, 4.69) is 4.74 Å². The SMILES string of the molecule is COC(=O)C[CH2][Zn+].[I-]. The summed E-state index contributed by atoms with van der Waals surface area (Å²) in [6, 6.07) is 0. The maximum absolute atomic E-state index is 10.2. The number of hydrogen-bond acceptors (Lipinski definition) is 2. The monoisotopic (exact) mass is 278 g/mol. The van der Waals surface area contributed by atoms with E-state index in [1.54, 1.807) is 0 Å². The number of rotatable bonds is 2. The van der Waals surface area contributed by atoms with Crippen LogP contribution in [0.5, 0.6) is 0 Å². The average Bonchev–Trinajstić information content (AvgIpc) is 1.68. The molecule has 0 saturated carbocycles. The summed E-state index contributed by atoms with van der Waals surface area (Å²) in [5.41, 5.74) is 0. The van der Waals surface area contributed by atoms with Crippen LogP contribution >= 0.6 is 0 Å². The van der Waals surface area contributed by atoms with E-state index in [-0.39, 0.29) is 29.9 Å². The van der Waals surface area contributed by atoms with Crippen LogP contribution in [0.1, 0.15) is 6.42 Å². The van der Waals surface area contributed by atoms with Gasteiger partial charge in [-0.15, -0.1) is 0 Å². The van der Waals surface area contributed by atoms with Crippen molar-refractivity contribution in [2.45, 2.75) is 11.4 Å². The molecule has 8 heavy (non-hydrogen) atoms. The standard InChI is InChI=1S/C4H7O2.HI.Zn/c1-3-4(5)6-2;;/h1,3H2,2H3;1H;/q;;+1/p-1. The fourth-order valence-corrected chi connectivity index (χ4v) is 0.852. The first-order valence-electron chi connectivity index (χ1n) is 2.17. The van der Waals surface area contributed by atoms with Gasteiger partial charge in [-0.3, -0.25) is 0 Å². The molecule has 0 fully saturated rings. The molecule has 0 aliphatic carbocycles. The van der Waals surface area contributed by atoms with E-state index < -0.39 is 0 Å². The van der Waals surface area contributed by atoms with Crippen molar-refractivity contribution in [2.24, 2.45) is 0 Å². The maximum Gasteiger partial charge on any atom is -1.00 e. The molecule has 0 bridgehead atoms. The Morgan fingerprint density at radius 3 is 2.38 bits per heavy atom. The quantitative estimate of drug-likeness (QED) is 0.318. The molecule has 0 aromatic heterocycles. The number of methoxy groups -OCH3 is 1. The minimum atomic E-state index is -0.0914. The average molecular weight is 279 g/mol. The van der Waals surface area contributed by atoms with Crippen LogP contribution in [-0.2, 0) is 27.8 Å². The van der Waals surface area contributed by atoms with Crippen molar-refractivity contribution in [3.63, 3.8) is 0 Å². The van der Waals surface area contributed by atoms with E-state index in [0.717, 1.165) is 5.02 Å². The smallest absolute Gasteiger partial charge is 1.00 e. The van der Waals surface area contributed by atoms with Crippen molar-refractivity contribution >= 4 is 5.97 Å². The second kappa shape index (κ2) is 7.82. The van der Waals surface area contributed by atoms with Gasteiger partial charge in [-0.05, 0) is 0 Å². The number of hydrogen-bond donors (Lipinski definition) is 0. The number of esters is 1. The zero-order chi connectivity index (χ0) is 5.70. The molecule has 0 aliphatic rings. The summed E-state index contributed by atoms with van der Waals surface area (Å²) in [5.74, 6) is -0.0914. The Labute approximate surface area is 76.1 Å². The third-order valence-corrected chi connectivity index (χ3v) is 1.35. The second-order valence-corrected chi connectivity index (χ2v) is 2.66. The molecule has 0 atom stereocenters. The molecule has 0 aliphatic heterocycles. The van der Waals surface area contributed by atoms with E-state index >= 15 is 0 Å². The van der Waals surface area contributed by atoms with Gasteiger partial charge >= 0.3 is 52.3 Å². The predicted octanol–water partition coefficient (Wildman–Crippen LogP) is -2.48. The van der Waals surface area contributed by atoms with E-state index in [9.17, 15) is 4.79 Å². The molecule has 0 aromatic carbocycles. The fourth-order valence-electron chi connectivity index (χ4n) is 0.246. The number of carbonyl (C=O) groups is 1. The molecule has 2 nitrogen and oxygen atoms in total. The van der Waals surface area contributed by atoms with Gasteiger partial charge in [-0.2, -0.15) is 0 Å². The van der Waals surface area contributed by atoms with Gasteiger partial charge in [0.25, 0.3) is 0 Å². The van der Waals surface area contributed by atoms with Crippen LogP contribution in [0.2, 0.25) is 5.02 Å². The van der Waals surface area contributed by atoms with Crippen molar-refractivity contribution in [1.29, 1.82) is 0 Å². The van der Waals surface area contributed by atoms with Crippen LogP contribution in [0.3, 0.4) is 0 Å². The normalized spacial score (nSPS) is 7.38. The fraction of sp³-hybridized carbons (Fsp3) is 0.750. The second-order valence-electron chi connectivity index (χ2n) is 1.18. The topological polar surface area (TPSA) is 26.3 Å². The number of ether oxygens (including phenoxy) is 1. The van der Waals surface area contributed by atoms with Crippen LogP contribution < -0.4 is 24.0 Å². The summed E-state index contributed by atoms with van der Waals surface area (Å²) < 4.78 is 4.37. The largest absolute Gasteiger partial charge is 1.00 e.